The molecule has 5 unspecified atom stereocenters. The first kappa shape index (κ1) is 106. The number of aliphatic hydroxyl groups is 5. The average molecular weight is 2220 g/mol. The molecule has 0 amide bonds. The predicted octanol–water partition coefficient (Wildman–Crippen LogP) is -2.43. The normalized spacial score (nSPS) is 34.4. The Morgan fingerprint density at radius 1 is 0.476 bits per heavy atom. The number of nitrogens with one attached hydrogen (secondary N) is 2. The van der Waals surface area contributed by atoms with Gasteiger partial charge in [-0.25, -0.2) is 34.5 Å². The van der Waals surface area contributed by atoms with Crippen molar-refractivity contribution in [2.75, 3.05) is 129 Å². The summed E-state index contributed by atoms with van der Waals surface area (Å²) in [5.74, 6) is 0.609. The number of aromatic amines is 2. The van der Waals surface area contributed by atoms with Crippen molar-refractivity contribution in [3.05, 3.63) is 91.5 Å². The first-order chi connectivity index (χ1) is 56.2. The van der Waals surface area contributed by atoms with Gasteiger partial charge in [-0.05, 0) is 40.7 Å². The minimum atomic E-state index is -2.20. The third-order valence-corrected chi connectivity index (χ3v) is 24.9. The number of fused-ring (bicyclic) bond motifs is 13. The maximum atomic E-state index is 11.9. The summed E-state index contributed by atoms with van der Waals surface area (Å²) >= 11 is 0. The van der Waals surface area contributed by atoms with Crippen molar-refractivity contribution in [3.63, 3.8) is 0 Å². The molecule has 25 atom stereocenters. The number of anilines is 4. The van der Waals surface area contributed by atoms with E-state index in [2.05, 4.69) is 54.8 Å². The Bertz CT molecular complexity index is 5600. The van der Waals surface area contributed by atoms with Crippen LogP contribution >= 0.6 is 40.1 Å². The molecule has 10 bridgehead atoms. The predicted molar refractivity (Wildman–Crippen MR) is 413 cm³/mol. The Kier molecular flexibility index (Phi) is 34.9. The fourth-order valence-corrected chi connectivity index (χ4v) is 18.2. The number of nitrogens with two attached hydrogens (primary N) is 4. The van der Waals surface area contributed by atoms with Gasteiger partial charge in [0.1, 0.15) is 105 Å². The molecule has 18 heterocycles. The van der Waals surface area contributed by atoms with E-state index >= 15 is 0 Å². The monoisotopic (exact) mass is 2220 g/mol. The van der Waals surface area contributed by atoms with Gasteiger partial charge in [0.15, 0.2) is 105 Å². The summed E-state index contributed by atoms with van der Waals surface area (Å²) in [6.07, 6.45) is -1.20. The van der Waals surface area contributed by atoms with Crippen LogP contribution in [0.1, 0.15) is 65.8 Å². The van der Waals surface area contributed by atoms with E-state index in [1.54, 1.807) is 36.8 Å². The zero-order valence-corrected chi connectivity index (χ0v) is 87.3. The molecule has 0 aromatic carbocycles. The molecule has 18 rings (SSSR count). The largest absolute Gasteiger partial charge is 0.476 e. The van der Waals surface area contributed by atoms with Gasteiger partial charge >= 0.3 is 11.4 Å². The van der Waals surface area contributed by atoms with Gasteiger partial charge in [-0.3, -0.25) is 65.2 Å². The Hall–Kier alpha value is -2.12. The number of aromatic nitrogens is 16. The molecule has 10 saturated heterocycles. The van der Waals surface area contributed by atoms with Crippen LogP contribution in [0.4, 0.5) is 23.5 Å². The van der Waals surface area contributed by atoms with Gasteiger partial charge in [0.05, 0.1) is 91.7 Å². The SMILES string of the molecule is CCOc1nc(N)nc2c1ncn2[C@@H]1O[C@@]2(CO[PH](C)=O)CO[C@]1(C)[C@@H]2O.C[PH](=O)OC[C@@]12CO[C@@H]([C@H](n3ccc(N)nc3=O)O1)[C@@H]2O.C[PH](=O)OC[C@]12CO[C@](C)([C@@H]1O)[C@H](n1ccc(=O)[nH]c1=O)O2.C[PH](=O)OC[C@]12CO[C@](C)([C@@H]1O)[C@H](n1cnc3c(=O)[nH]c(N)nc31)O2.C[PH](=O)OC[C@]12CO[C@](C)([C@@H]1O)[C@H](n1cnc3c(N)ncnc31)O2.[Y].[Y].[Y].[Y].[Y]. The Morgan fingerprint density at radius 3 is 1.31 bits per heavy atom. The number of hydrogen-bond donors (Lipinski definition) is 11. The van der Waals surface area contributed by atoms with E-state index < -0.39 is 181 Å². The molecule has 124 heavy (non-hydrogen) atoms. The van der Waals surface area contributed by atoms with Gasteiger partial charge in [-0.1, -0.05) is 0 Å². The van der Waals surface area contributed by atoms with Crippen LogP contribution in [0.15, 0.2) is 69.0 Å². The van der Waals surface area contributed by atoms with Gasteiger partial charge in [-0.2, -0.15) is 19.9 Å². The zero-order chi connectivity index (χ0) is 85.8. The smallest absolute Gasteiger partial charge is 0.351 e. The van der Waals surface area contributed by atoms with Crippen LogP contribution in [0, 0.1) is 0 Å². The fourth-order valence-electron chi connectivity index (χ4n) is 15.9. The molecule has 10 aliphatic rings. The minimum absolute atomic E-state index is 0. The van der Waals surface area contributed by atoms with Crippen LogP contribution in [0.25, 0.3) is 33.5 Å². The van der Waals surface area contributed by atoms with Crippen LogP contribution in [-0.2, 0) is 256 Å². The van der Waals surface area contributed by atoms with Gasteiger partial charge in [0.25, 0.3) is 11.1 Å². The first-order valence-corrected chi connectivity index (χ1v) is 45.8. The van der Waals surface area contributed by atoms with Gasteiger partial charge in [0, 0.05) is 215 Å². The molecule has 5 radical (unpaired) electrons. The zero-order valence-electron chi connectivity index (χ0n) is 68.1. The van der Waals surface area contributed by atoms with Gasteiger partial charge in [0.2, 0.25) is 17.8 Å². The molecule has 667 valence electrons. The molecule has 15 N–H and O–H groups in total. The second-order valence-corrected chi connectivity index (χ2v) is 36.8. The molecule has 60 heteroatoms. The maximum Gasteiger partial charge on any atom is 0.351 e. The summed E-state index contributed by atoms with van der Waals surface area (Å²) in [6.45, 7) is 16.6. The molecule has 8 aromatic rings. The molecular formula is C64H91N20O30P5Y5. The third-order valence-electron chi connectivity index (χ3n) is 22.1. The van der Waals surface area contributed by atoms with Crippen molar-refractivity contribution in [2.24, 2.45) is 0 Å². The standard InChI is InChI=1S/C15H22N5O6P.C13H18N5O6P.C13H18N5O5P.C12H17N2O7P.C11H16N3O6P.5Y/c1-4-23-10-8-9(18-13(16)19-10)20(7-17-8)12-14(2)11(21)15(26-12,5-24-14)6-25-27(3)22;1-12-9(20)13(3-22-12,4-23-25(2)21)24-10(12)18-5-15-6-7(18)16-11(14)17-8(6)19;1-12-10(19)13(3-21-12,4-22-24(2)20)23-11(12)18-6-17-7-8(14)15-5-16-9(7)18;1-11-8(16)12(5-19-11,6-20-22(2)18)21-9(11)14-4-3-7(15)13-10(14)17;1-21(17)19-5-11-4-18-7(8(11)15)9(20-11)14-3-2-6(12)13-10(14)16;;;;;/h7,11-12,21,27H,4-6H2,1-3H3,(H2,16,18,19);5,9-10,20,25H,3-4H2,1-2H3,(H3,14,16,17,19);5-6,10-11,19,24H,3-4H2,1-2H3,(H2,14,15,16);3-4,8-9,16,22H,5-6H2,1-2H3,(H,13,15,17);2-3,7-9,15,21H,4-5H2,1H3,(H2,12,13,16);;;;;/t11-,12+,14+,15+;9-,10+,12+,13+;10-,11+,12+,13+;8-,9+,11+,12+;7-,8+,9-,11-;;;;;/m00001...../s1. The van der Waals surface area contributed by atoms with E-state index in [0.717, 1.165) is 4.57 Å². The third kappa shape index (κ3) is 19.5. The van der Waals surface area contributed by atoms with E-state index in [9.17, 15) is 67.5 Å². The van der Waals surface area contributed by atoms with Crippen LogP contribution < -0.4 is 50.2 Å². The van der Waals surface area contributed by atoms with Crippen molar-refractivity contribution in [3.8, 4) is 5.88 Å². The summed E-state index contributed by atoms with van der Waals surface area (Å²) in [7, 11) is -10.9. The van der Waals surface area contributed by atoms with E-state index in [0.29, 0.717) is 28.9 Å². The van der Waals surface area contributed by atoms with Crippen molar-refractivity contribution < 1.29 is 287 Å². The van der Waals surface area contributed by atoms with E-state index in [4.69, 9.17) is 97.7 Å². The molecule has 10 fully saturated rings. The van der Waals surface area contributed by atoms with Crippen molar-refractivity contribution >= 4 is 97.2 Å². The van der Waals surface area contributed by atoms with Crippen LogP contribution in [0.3, 0.4) is 0 Å². The number of H-pyrrole nitrogens is 2. The molecule has 8 aromatic heterocycles. The van der Waals surface area contributed by atoms with Crippen molar-refractivity contribution in [1.29, 1.82) is 0 Å². The van der Waals surface area contributed by atoms with Crippen molar-refractivity contribution in [2.45, 2.75) is 153 Å². The first-order valence-electron chi connectivity index (χ1n) is 36.7. The summed E-state index contributed by atoms with van der Waals surface area (Å²) < 4.78 is 154. The number of nitrogens with zero attached hydrogens (tertiary/aromatic N) is 14. The van der Waals surface area contributed by atoms with Crippen molar-refractivity contribution in [1.82, 2.24) is 77.7 Å². The summed E-state index contributed by atoms with van der Waals surface area (Å²) in [5, 5.41) is 53.1. The number of rotatable bonds is 22. The average Bonchev–Trinajstić information content (AvgIpc) is 1.55. The number of hydrogen-bond acceptors (Lipinski definition) is 43. The van der Waals surface area contributed by atoms with E-state index in [1.165, 1.54) is 92.3 Å². The second kappa shape index (κ2) is 41.0. The molecule has 0 spiro atoms. The molecule has 0 saturated carbocycles. The maximum absolute atomic E-state index is 11.9. The van der Waals surface area contributed by atoms with E-state index in [1.807, 2.05) is 6.92 Å². The topological polar surface area (TPSA) is 679 Å². The fraction of sp³-hybridized carbons (Fsp3) is 0.641. The summed E-state index contributed by atoms with van der Waals surface area (Å²) in [4.78, 5) is 88.1. The molecule has 10 aliphatic heterocycles. The number of imidazole rings is 3. The van der Waals surface area contributed by atoms with Gasteiger partial charge < -0.3 is 123 Å². The molecule has 0 aliphatic carbocycles. The number of ether oxygens (including phenoxy) is 11. The van der Waals surface area contributed by atoms with Crippen LogP contribution in [0.2, 0.25) is 0 Å². The Balaban J connectivity index is 0.000000174. The van der Waals surface area contributed by atoms with E-state index in [-0.39, 0.29) is 270 Å². The van der Waals surface area contributed by atoms with Gasteiger partial charge in [-0.15, -0.1) is 0 Å². The van der Waals surface area contributed by atoms with Crippen LogP contribution in [-0.4, -0.2) is 296 Å². The number of nitrogen functional groups attached to an aromatic ring is 4. The summed E-state index contributed by atoms with van der Waals surface area (Å²) in [5.41, 5.74) is 12.5. The summed E-state index contributed by atoms with van der Waals surface area (Å²) in [6, 6.07) is 2.64. The molecule has 50 nitrogen and oxygen atoms in total. The quantitative estimate of drug-likeness (QED) is 0.0314. The molecular weight excluding hydrogens is 2130 g/mol. The number of aliphatic hydroxyl groups excluding tert-OH is 5. The van der Waals surface area contributed by atoms with Crippen LogP contribution in [0.5, 0.6) is 5.88 Å². The Labute approximate surface area is 831 Å². The second-order valence-electron chi connectivity index (χ2n) is 30.4. The minimum Gasteiger partial charge on any atom is -0.476 e. The Morgan fingerprint density at radius 2 is 0.879 bits per heavy atom.